The van der Waals surface area contributed by atoms with Crippen molar-refractivity contribution in [2.24, 2.45) is 17.8 Å². The predicted octanol–water partition coefficient (Wildman–Crippen LogP) is 16.3. The Kier molecular flexibility index (Phi) is 51.3. The number of esters is 4. The van der Waals surface area contributed by atoms with Gasteiger partial charge in [0, 0.05) is 25.7 Å². The molecule has 0 aromatic heterocycles. The van der Waals surface area contributed by atoms with Gasteiger partial charge >= 0.3 is 39.5 Å². The maximum Gasteiger partial charge on any atom is 0.472 e. The van der Waals surface area contributed by atoms with Crippen molar-refractivity contribution in [1.82, 2.24) is 0 Å². The van der Waals surface area contributed by atoms with E-state index in [0.717, 1.165) is 120 Å². The fraction of sp³-hybridized carbons (Fsp3) is 0.934. The van der Waals surface area contributed by atoms with E-state index in [-0.39, 0.29) is 25.7 Å². The summed E-state index contributed by atoms with van der Waals surface area (Å²) in [6, 6.07) is 0. The lowest BCUT2D eigenvalue weighted by Gasteiger charge is -2.21. The quantitative estimate of drug-likeness (QED) is 0.0222. The lowest BCUT2D eigenvalue weighted by Crippen LogP contribution is -2.30. The monoisotopic (exact) mass is 1180 g/mol. The van der Waals surface area contributed by atoms with Crippen LogP contribution < -0.4 is 0 Å². The molecule has 0 radical (unpaired) electrons. The second kappa shape index (κ2) is 52.6. The SMILES string of the molecule is CCCCCCCCCC(=O)OC[C@H](COP(=O)(O)OC[C@H](O)COP(=O)(O)OC[C@@H](COC(=O)CCCCCCCCCCC(C)C)OC(=O)CCCCCCCCCCC(C)C)OC(=O)CCCCCCCCCCC(C)C. The molecule has 80 heavy (non-hydrogen) atoms. The van der Waals surface area contributed by atoms with Gasteiger partial charge in [-0.05, 0) is 43.4 Å². The summed E-state index contributed by atoms with van der Waals surface area (Å²) in [6.07, 6.45) is 32.3. The Bertz CT molecular complexity index is 1600. The molecule has 17 nitrogen and oxygen atoms in total. The van der Waals surface area contributed by atoms with E-state index >= 15 is 0 Å². The number of aliphatic hydroxyl groups excluding tert-OH is 1. The summed E-state index contributed by atoms with van der Waals surface area (Å²) in [4.78, 5) is 71.9. The molecule has 3 N–H and O–H groups in total. The smallest absolute Gasteiger partial charge is 0.462 e. The first-order chi connectivity index (χ1) is 38.2. The molecule has 2 unspecified atom stereocenters. The van der Waals surface area contributed by atoms with Gasteiger partial charge < -0.3 is 33.8 Å². The summed E-state index contributed by atoms with van der Waals surface area (Å²) in [6.45, 7) is 11.6. The number of unbranched alkanes of at least 4 members (excludes halogenated alkanes) is 27. The molecular formula is C61H118O17P2. The maximum absolute atomic E-state index is 12.9. The van der Waals surface area contributed by atoms with Crippen LogP contribution in [-0.4, -0.2) is 96.7 Å². The lowest BCUT2D eigenvalue weighted by molar-refractivity contribution is -0.161. The zero-order valence-corrected chi connectivity index (χ0v) is 53.3. The Balaban J connectivity index is 5.23. The fourth-order valence-corrected chi connectivity index (χ4v) is 10.5. The van der Waals surface area contributed by atoms with E-state index in [0.29, 0.717) is 25.7 Å². The van der Waals surface area contributed by atoms with Crippen molar-refractivity contribution < 1.29 is 80.2 Å². The number of hydrogen-bond acceptors (Lipinski definition) is 15. The molecule has 0 aliphatic heterocycles. The lowest BCUT2D eigenvalue weighted by atomic mass is 10.0. The van der Waals surface area contributed by atoms with Gasteiger partial charge in [-0.3, -0.25) is 37.3 Å². The minimum atomic E-state index is -4.94. The third kappa shape index (κ3) is 55.3. The Hall–Kier alpha value is -1.94. The normalized spacial score (nSPS) is 14.5. The average molecular weight is 1190 g/mol. The molecule has 0 aliphatic rings. The number of hydrogen-bond donors (Lipinski definition) is 3. The molecule has 0 aliphatic carbocycles. The summed E-state index contributed by atoms with van der Waals surface area (Å²) in [5.74, 6) is 0.0160. The third-order valence-electron chi connectivity index (χ3n) is 13.9. The maximum atomic E-state index is 12.9. The Morgan fingerprint density at radius 2 is 0.575 bits per heavy atom. The Morgan fingerprint density at radius 1 is 0.338 bits per heavy atom. The van der Waals surface area contributed by atoms with Gasteiger partial charge in [0.15, 0.2) is 12.2 Å². The van der Waals surface area contributed by atoms with Crippen LogP contribution in [0.15, 0.2) is 0 Å². The first-order valence-corrected chi connectivity index (χ1v) is 34.8. The van der Waals surface area contributed by atoms with Crippen LogP contribution in [0.2, 0.25) is 0 Å². The molecule has 0 rings (SSSR count). The number of carbonyl (C=O) groups is 4. The standard InChI is InChI=1S/C61H118O17P2/c1-8-9-10-11-18-28-35-42-58(63)71-48-56(77-60(65)44-37-30-23-16-13-20-26-33-40-53(4)5)50-75-79(67,68)73-46-55(62)47-74-80(69,70)76-51-57(78-61(66)45-38-31-24-17-14-21-27-34-41-54(6)7)49-72-59(64)43-36-29-22-15-12-19-25-32-39-52(2)3/h52-57,62H,8-51H2,1-7H3,(H,67,68)(H,69,70)/t55-,56+,57+/m0/s1. The Morgan fingerprint density at radius 3 is 0.850 bits per heavy atom. The molecule has 0 aromatic carbocycles. The van der Waals surface area contributed by atoms with Gasteiger partial charge in [-0.1, -0.05) is 241 Å². The third-order valence-corrected chi connectivity index (χ3v) is 15.8. The minimum absolute atomic E-state index is 0.103. The van der Waals surface area contributed by atoms with E-state index in [4.69, 9.17) is 37.0 Å². The average Bonchev–Trinajstić information content (AvgIpc) is 3.40. The number of phosphoric acid groups is 2. The highest BCUT2D eigenvalue weighted by atomic mass is 31.2. The largest absolute Gasteiger partial charge is 0.472 e. The van der Waals surface area contributed by atoms with E-state index in [1.54, 1.807) is 0 Å². The van der Waals surface area contributed by atoms with E-state index < -0.39 is 97.5 Å². The molecule has 0 saturated carbocycles. The molecule has 0 bridgehead atoms. The second-order valence-corrected chi connectivity index (χ2v) is 26.4. The van der Waals surface area contributed by atoms with E-state index in [1.807, 2.05) is 0 Å². The molecule has 0 fully saturated rings. The van der Waals surface area contributed by atoms with Crippen molar-refractivity contribution in [3.63, 3.8) is 0 Å². The zero-order valence-electron chi connectivity index (χ0n) is 51.5. The van der Waals surface area contributed by atoms with Crippen LogP contribution in [-0.2, 0) is 65.4 Å². The summed E-state index contributed by atoms with van der Waals surface area (Å²) in [7, 11) is -9.88. The summed E-state index contributed by atoms with van der Waals surface area (Å²) in [5.41, 5.74) is 0. The highest BCUT2D eigenvalue weighted by molar-refractivity contribution is 7.47. The van der Waals surface area contributed by atoms with Crippen LogP contribution in [0.1, 0.15) is 292 Å². The Labute approximate surface area is 486 Å². The first-order valence-electron chi connectivity index (χ1n) is 31.8. The molecule has 0 amide bonds. The topological polar surface area (TPSA) is 237 Å². The fourth-order valence-electron chi connectivity index (χ4n) is 8.95. The van der Waals surface area contributed by atoms with Crippen molar-refractivity contribution in [1.29, 1.82) is 0 Å². The summed E-state index contributed by atoms with van der Waals surface area (Å²) in [5, 5.41) is 10.5. The van der Waals surface area contributed by atoms with Crippen molar-refractivity contribution in [3.8, 4) is 0 Å². The predicted molar refractivity (Wildman–Crippen MR) is 317 cm³/mol. The number of rotatable bonds is 59. The van der Waals surface area contributed by atoms with Crippen molar-refractivity contribution in [3.05, 3.63) is 0 Å². The van der Waals surface area contributed by atoms with E-state index in [2.05, 4.69) is 48.5 Å². The van der Waals surface area contributed by atoms with Crippen LogP contribution in [0.5, 0.6) is 0 Å². The van der Waals surface area contributed by atoms with Gasteiger partial charge in [0.25, 0.3) is 0 Å². The molecule has 0 saturated heterocycles. The van der Waals surface area contributed by atoms with E-state index in [1.165, 1.54) is 89.9 Å². The number of carbonyl (C=O) groups excluding carboxylic acids is 4. The second-order valence-electron chi connectivity index (χ2n) is 23.5. The molecule has 5 atom stereocenters. The van der Waals surface area contributed by atoms with Crippen LogP contribution in [0.25, 0.3) is 0 Å². The van der Waals surface area contributed by atoms with E-state index in [9.17, 15) is 43.2 Å². The van der Waals surface area contributed by atoms with Crippen molar-refractivity contribution >= 4 is 39.5 Å². The summed E-state index contributed by atoms with van der Waals surface area (Å²) < 4.78 is 67.8. The number of ether oxygens (including phenoxy) is 4. The van der Waals surface area contributed by atoms with Gasteiger partial charge in [-0.2, -0.15) is 0 Å². The van der Waals surface area contributed by atoms with Gasteiger partial charge in [-0.15, -0.1) is 0 Å². The van der Waals surface area contributed by atoms with Gasteiger partial charge in [0.2, 0.25) is 0 Å². The van der Waals surface area contributed by atoms with Crippen LogP contribution in [0.3, 0.4) is 0 Å². The molecular weight excluding hydrogens is 1070 g/mol. The number of phosphoric ester groups is 2. The summed E-state index contributed by atoms with van der Waals surface area (Å²) >= 11 is 0. The van der Waals surface area contributed by atoms with Gasteiger partial charge in [0.1, 0.15) is 19.3 Å². The highest BCUT2D eigenvalue weighted by Crippen LogP contribution is 2.45. The zero-order chi connectivity index (χ0) is 59.5. The molecule has 474 valence electrons. The van der Waals surface area contributed by atoms with Crippen LogP contribution in [0, 0.1) is 17.8 Å². The molecule has 19 heteroatoms. The minimum Gasteiger partial charge on any atom is -0.462 e. The number of aliphatic hydroxyl groups is 1. The molecule has 0 spiro atoms. The van der Waals surface area contributed by atoms with Gasteiger partial charge in [0.05, 0.1) is 26.4 Å². The van der Waals surface area contributed by atoms with Crippen LogP contribution >= 0.6 is 15.6 Å². The van der Waals surface area contributed by atoms with Crippen molar-refractivity contribution in [2.45, 2.75) is 311 Å². The van der Waals surface area contributed by atoms with Gasteiger partial charge in [-0.25, -0.2) is 9.13 Å². The molecule has 0 aromatic rings. The first kappa shape index (κ1) is 78.1. The van der Waals surface area contributed by atoms with Crippen molar-refractivity contribution in [2.75, 3.05) is 39.6 Å². The highest BCUT2D eigenvalue weighted by Gasteiger charge is 2.30. The van der Waals surface area contributed by atoms with Crippen LogP contribution in [0.4, 0.5) is 0 Å². The molecule has 0 heterocycles.